The van der Waals surface area contributed by atoms with Crippen LogP contribution in [0.5, 0.6) is 5.75 Å². The molecule has 90 valence electrons. The summed E-state index contributed by atoms with van der Waals surface area (Å²) in [5.41, 5.74) is 1.23. The van der Waals surface area contributed by atoms with Gasteiger partial charge in [0.1, 0.15) is 12.4 Å². The molecule has 0 fully saturated rings. The summed E-state index contributed by atoms with van der Waals surface area (Å²) in [4.78, 5) is 0. The van der Waals surface area contributed by atoms with Gasteiger partial charge in [-0.05, 0) is 30.5 Å². The van der Waals surface area contributed by atoms with Crippen LogP contribution in [0.4, 0.5) is 0 Å². The van der Waals surface area contributed by atoms with E-state index in [2.05, 4.69) is 13.8 Å². The molecule has 0 spiro atoms. The Morgan fingerprint density at radius 3 is 2.62 bits per heavy atom. The Bertz CT molecular complexity index is 324. The van der Waals surface area contributed by atoms with E-state index >= 15 is 0 Å². The van der Waals surface area contributed by atoms with Gasteiger partial charge in [0.15, 0.2) is 0 Å². The molecule has 0 heterocycles. The van der Waals surface area contributed by atoms with E-state index in [0.29, 0.717) is 30.8 Å². The first kappa shape index (κ1) is 13.3. The van der Waals surface area contributed by atoms with E-state index < -0.39 is 0 Å². The van der Waals surface area contributed by atoms with Crippen molar-refractivity contribution in [2.24, 2.45) is 0 Å². The molecule has 1 aromatic rings. The van der Waals surface area contributed by atoms with Crippen LogP contribution in [0.1, 0.15) is 32.3 Å². The van der Waals surface area contributed by atoms with Crippen molar-refractivity contribution in [2.75, 3.05) is 19.8 Å². The molecule has 0 aliphatic heterocycles. The summed E-state index contributed by atoms with van der Waals surface area (Å²) < 4.78 is 10.8. The lowest BCUT2D eigenvalue weighted by molar-refractivity contribution is 0.110. The van der Waals surface area contributed by atoms with Crippen LogP contribution in [0, 0.1) is 0 Å². The zero-order chi connectivity index (χ0) is 12.0. The summed E-state index contributed by atoms with van der Waals surface area (Å²) in [6.45, 7) is 8.10. The molecular weight excluding hydrogens is 224 g/mol. The number of halogens is 1. The van der Waals surface area contributed by atoms with Crippen molar-refractivity contribution in [3.05, 3.63) is 28.8 Å². The van der Waals surface area contributed by atoms with Crippen LogP contribution in [-0.4, -0.2) is 19.8 Å². The van der Waals surface area contributed by atoms with Crippen molar-refractivity contribution in [1.82, 2.24) is 0 Å². The van der Waals surface area contributed by atoms with Gasteiger partial charge >= 0.3 is 0 Å². The lowest BCUT2D eigenvalue weighted by atomic mass is 10.0. The molecular formula is C13H19ClO2. The fourth-order valence-corrected chi connectivity index (χ4v) is 1.52. The Morgan fingerprint density at radius 1 is 1.25 bits per heavy atom. The van der Waals surface area contributed by atoms with E-state index in [1.807, 2.05) is 25.1 Å². The molecule has 0 aliphatic carbocycles. The zero-order valence-electron chi connectivity index (χ0n) is 10.1. The van der Waals surface area contributed by atoms with Crippen molar-refractivity contribution < 1.29 is 9.47 Å². The van der Waals surface area contributed by atoms with Gasteiger partial charge in [0.2, 0.25) is 0 Å². The molecule has 0 atom stereocenters. The van der Waals surface area contributed by atoms with E-state index in [9.17, 15) is 0 Å². The molecule has 1 rings (SSSR count). The van der Waals surface area contributed by atoms with Gasteiger partial charge in [0.05, 0.1) is 11.6 Å². The predicted molar refractivity (Wildman–Crippen MR) is 67.5 cm³/mol. The maximum atomic E-state index is 6.05. The second-order valence-corrected chi connectivity index (χ2v) is 4.30. The molecule has 0 amide bonds. The van der Waals surface area contributed by atoms with E-state index in [1.165, 1.54) is 5.56 Å². The average Bonchev–Trinajstić information content (AvgIpc) is 2.26. The highest BCUT2D eigenvalue weighted by atomic mass is 35.5. The van der Waals surface area contributed by atoms with Gasteiger partial charge in [0.25, 0.3) is 0 Å². The van der Waals surface area contributed by atoms with E-state index in [0.717, 1.165) is 5.75 Å². The molecule has 3 heteroatoms. The largest absolute Gasteiger partial charge is 0.490 e. The predicted octanol–water partition coefficient (Wildman–Crippen LogP) is 3.88. The minimum Gasteiger partial charge on any atom is -0.490 e. The van der Waals surface area contributed by atoms with Crippen molar-refractivity contribution in [1.29, 1.82) is 0 Å². The van der Waals surface area contributed by atoms with Gasteiger partial charge < -0.3 is 9.47 Å². The Labute approximate surface area is 103 Å². The van der Waals surface area contributed by atoms with Gasteiger partial charge in [-0.25, -0.2) is 0 Å². The third-order valence-corrected chi connectivity index (χ3v) is 2.62. The molecule has 16 heavy (non-hydrogen) atoms. The van der Waals surface area contributed by atoms with Gasteiger partial charge in [-0.1, -0.05) is 31.5 Å². The van der Waals surface area contributed by atoms with Crippen LogP contribution >= 0.6 is 11.6 Å². The third-order valence-electron chi connectivity index (χ3n) is 2.31. The summed E-state index contributed by atoms with van der Waals surface area (Å²) in [6, 6.07) is 5.91. The van der Waals surface area contributed by atoms with E-state index in [-0.39, 0.29) is 0 Å². The van der Waals surface area contributed by atoms with Crippen molar-refractivity contribution in [3.63, 3.8) is 0 Å². The SMILES string of the molecule is CCOCCOc1cc(C(C)C)ccc1Cl. The lowest BCUT2D eigenvalue weighted by Gasteiger charge is -2.11. The minimum absolute atomic E-state index is 0.478. The highest BCUT2D eigenvalue weighted by Crippen LogP contribution is 2.28. The van der Waals surface area contributed by atoms with Gasteiger partial charge in [-0.15, -0.1) is 0 Å². The van der Waals surface area contributed by atoms with Crippen LogP contribution in [0.3, 0.4) is 0 Å². The first-order chi connectivity index (χ1) is 7.65. The Hall–Kier alpha value is -0.730. The van der Waals surface area contributed by atoms with Crippen molar-refractivity contribution >= 4 is 11.6 Å². The first-order valence-electron chi connectivity index (χ1n) is 5.65. The molecule has 0 bridgehead atoms. The number of rotatable bonds is 6. The second-order valence-electron chi connectivity index (χ2n) is 3.89. The number of benzene rings is 1. The summed E-state index contributed by atoms with van der Waals surface area (Å²) in [6.07, 6.45) is 0. The highest BCUT2D eigenvalue weighted by Gasteiger charge is 2.05. The van der Waals surface area contributed by atoms with Gasteiger partial charge in [-0.2, -0.15) is 0 Å². The number of hydrogen-bond acceptors (Lipinski definition) is 2. The summed E-state index contributed by atoms with van der Waals surface area (Å²) in [5, 5.41) is 0.654. The topological polar surface area (TPSA) is 18.5 Å². The summed E-state index contributed by atoms with van der Waals surface area (Å²) >= 11 is 6.05. The monoisotopic (exact) mass is 242 g/mol. The number of hydrogen-bond donors (Lipinski definition) is 0. The van der Waals surface area contributed by atoms with Crippen molar-refractivity contribution in [3.8, 4) is 5.75 Å². The maximum absolute atomic E-state index is 6.05. The van der Waals surface area contributed by atoms with Gasteiger partial charge in [0, 0.05) is 6.61 Å². The molecule has 0 aromatic heterocycles. The second kappa shape index (κ2) is 6.77. The van der Waals surface area contributed by atoms with Crippen molar-refractivity contribution in [2.45, 2.75) is 26.7 Å². The van der Waals surface area contributed by atoms with Gasteiger partial charge in [-0.3, -0.25) is 0 Å². The summed E-state index contributed by atoms with van der Waals surface area (Å²) in [7, 11) is 0. The quantitative estimate of drug-likeness (QED) is 0.705. The summed E-state index contributed by atoms with van der Waals surface area (Å²) in [5.74, 6) is 1.22. The van der Waals surface area contributed by atoms with Crippen LogP contribution in [0.2, 0.25) is 5.02 Å². The molecule has 0 radical (unpaired) electrons. The molecule has 1 aromatic carbocycles. The van der Waals surface area contributed by atoms with Crippen LogP contribution in [0.25, 0.3) is 0 Å². The standard InChI is InChI=1S/C13H19ClO2/c1-4-15-7-8-16-13-9-11(10(2)3)5-6-12(13)14/h5-6,9-10H,4,7-8H2,1-3H3. The number of ether oxygens (including phenoxy) is 2. The van der Waals surface area contributed by atoms with Crippen LogP contribution in [-0.2, 0) is 4.74 Å². The lowest BCUT2D eigenvalue weighted by Crippen LogP contribution is -2.06. The maximum Gasteiger partial charge on any atom is 0.138 e. The van der Waals surface area contributed by atoms with Crippen LogP contribution < -0.4 is 4.74 Å². The Kier molecular flexibility index (Phi) is 5.64. The average molecular weight is 243 g/mol. The van der Waals surface area contributed by atoms with E-state index in [4.69, 9.17) is 21.1 Å². The van der Waals surface area contributed by atoms with Crippen LogP contribution in [0.15, 0.2) is 18.2 Å². The zero-order valence-corrected chi connectivity index (χ0v) is 10.9. The first-order valence-corrected chi connectivity index (χ1v) is 6.03. The molecule has 0 saturated heterocycles. The Morgan fingerprint density at radius 2 is 2.00 bits per heavy atom. The fourth-order valence-electron chi connectivity index (χ4n) is 1.34. The molecule has 0 N–H and O–H groups in total. The molecule has 0 saturated carbocycles. The molecule has 0 aliphatic rings. The minimum atomic E-state index is 0.478. The third kappa shape index (κ3) is 4.03. The molecule has 0 unspecified atom stereocenters. The fraction of sp³-hybridized carbons (Fsp3) is 0.538. The van der Waals surface area contributed by atoms with E-state index in [1.54, 1.807) is 0 Å². The highest BCUT2D eigenvalue weighted by molar-refractivity contribution is 6.32. The smallest absolute Gasteiger partial charge is 0.138 e. The normalized spacial score (nSPS) is 10.8. The molecule has 2 nitrogen and oxygen atoms in total. The Balaban J connectivity index is 2.60.